The summed E-state index contributed by atoms with van der Waals surface area (Å²) in [5.41, 5.74) is 1.87. The second-order valence-electron chi connectivity index (χ2n) is 7.30. The molecule has 9 nitrogen and oxygen atoms in total. The molecule has 1 fully saturated rings. The van der Waals surface area contributed by atoms with Crippen molar-refractivity contribution < 1.29 is 27.2 Å². The van der Waals surface area contributed by atoms with E-state index in [4.69, 9.17) is 18.7 Å². The number of nitrogens with zero attached hydrogens (tertiary/aromatic N) is 3. The Labute approximate surface area is 179 Å². The number of benzene rings is 2. The van der Waals surface area contributed by atoms with E-state index >= 15 is 0 Å². The number of aromatic nitrogens is 2. The van der Waals surface area contributed by atoms with Crippen LogP contribution in [0, 0.1) is 6.92 Å². The topological polar surface area (TPSA) is 104 Å². The van der Waals surface area contributed by atoms with Crippen LogP contribution in [0.5, 0.6) is 11.5 Å². The monoisotopic (exact) mass is 443 g/mol. The first-order valence-electron chi connectivity index (χ1n) is 9.93. The van der Waals surface area contributed by atoms with E-state index in [1.807, 2.05) is 31.2 Å². The lowest BCUT2D eigenvalue weighted by atomic mass is 10.1. The fourth-order valence-electron chi connectivity index (χ4n) is 3.63. The number of hydrogen-bond acceptors (Lipinski definition) is 8. The predicted molar refractivity (Wildman–Crippen MR) is 109 cm³/mol. The second kappa shape index (κ2) is 7.95. The number of fused-ring (bicyclic) bond motifs is 1. The summed E-state index contributed by atoms with van der Waals surface area (Å²) in [6, 6.07) is 12.3. The van der Waals surface area contributed by atoms with E-state index in [0.29, 0.717) is 30.5 Å². The molecule has 0 bridgehead atoms. The molecule has 1 aromatic heterocycles. The normalized spacial score (nSPS) is 19.3. The van der Waals surface area contributed by atoms with Gasteiger partial charge in [-0.15, -0.1) is 0 Å². The fourth-order valence-corrected chi connectivity index (χ4v) is 5.07. The maximum atomic E-state index is 13.2. The summed E-state index contributed by atoms with van der Waals surface area (Å²) < 4.78 is 50.0. The summed E-state index contributed by atoms with van der Waals surface area (Å²) in [5, 5.41) is 4.05. The number of sulfonamides is 1. The Morgan fingerprint density at radius 3 is 2.68 bits per heavy atom. The summed E-state index contributed by atoms with van der Waals surface area (Å²) >= 11 is 0. The number of hydrogen-bond donors (Lipinski definition) is 0. The standard InChI is InChI=1S/C21H21N3O6S/c1-14-4-2-3-5-16(14)20-22-21(30-23-20)19-13-24(8-9-27-19)31(25,26)15-6-7-17-18(12-15)29-11-10-28-17/h2-7,12,19H,8-11,13H2,1H3. The minimum Gasteiger partial charge on any atom is -0.486 e. The van der Waals surface area contributed by atoms with Gasteiger partial charge in [0.25, 0.3) is 5.89 Å². The van der Waals surface area contributed by atoms with Gasteiger partial charge in [-0.05, 0) is 24.6 Å². The van der Waals surface area contributed by atoms with E-state index in [0.717, 1.165) is 11.1 Å². The van der Waals surface area contributed by atoms with Crippen molar-refractivity contribution in [3.63, 3.8) is 0 Å². The molecule has 3 aromatic rings. The lowest BCUT2D eigenvalue weighted by Gasteiger charge is -2.30. The van der Waals surface area contributed by atoms with E-state index in [2.05, 4.69) is 10.1 Å². The minimum absolute atomic E-state index is 0.0756. The van der Waals surface area contributed by atoms with Crippen LogP contribution in [-0.2, 0) is 14.8 Å². The molecule has 1 unspecified atom stereocenters. The van der Waals surface area contributed by atoms with E-state index in [-0.39, 0.29) is 30.5 Å². The molecule has 162 valence electrons. The first-order chi connectivity index (χ1) is 15.0. The van der Waals surface area contributed by atoms with Crippen LogP contribution in [0.15, 0.2) is 51.9 Å². The molecule has 0 spiro atoms. The highest BCUT2D eigenvalue weighted by Gasteiger charge is 2.35. The maximum absolute atomic E-state index is 13.2. The summed E-state index contributed by atoms with van der Waals surface area (Å²) in [5.74, 6) is 1.67. The highest BCUT2D eigenvalue weighted by molar-refractivity contribution is 7.89. The zero-order chi connectivity index (χ0) is 21.4. The average molecular weight is 443 g/mol. The van der Waals surface area contributed by atoms with Crippen LogP contribution in [0.2, 0.25) is 0 Å². The molecule has 1 saturated heterocycles. The summed E-state index contributed by atoms with van der Waals surface area (Å²) in [6.45, 7) is 3.31. The van der Waals surface area contributed by atoms with Gasteiger partial charge in [0.2, 0.25) is 15.8 Å². The third-order valence-electron chi connectivity index (χ3n) is 5.28. The maximum Gasteiger partial charge on any atom is 0.257 e. The highest BCUT2D eigenvalue weighted by atomic mass is 32.2. The zero-order valence-electron chi connectivity index (χ0n) is 16.9. The Kier molecular flexibility index (Phi) is 5.12. The van der Waals surface area contributed by atoms with Crippen molar-refractivity contribution in [1.29, 1.82) is 0 Å². The van der Waals surface area contributed by atoms with Gasteiger partial charge in [-0.1, -0.05) is 29.4 Å². The van der Waals surface area contributed by atoms with Gasteiger partial charge in [-0.3, -0.25) is 0 Å². The Hall–Kier alpha value is -2.95. The zero-order valence-corrected chi connectivity index (χ0v) is 17.7. The van der Waals surface area contributed by atoms with Crippen molar-refractivity contribution in [1.82, 2.24) is 14.4 Å². The van der Waals surface area contributed by atoms with E-state index < -0.39 is 16.1 Å². The van der Waals surface area contributed by atoms with E-state index in [1.54, 1.807) is 6.07 Å². The predicted octanol–water partition coefficient (Wildman–Crippen LogP) is 2.58. The van der Waals surface area contributed by atoms with Crippen LogP contribution in [0.4, 0.5) is 0 Å². The molecular formula is C21H21N3O6S. The van der Waals surface area contributed by atoms with Gasteiger partial charge in [0, 0.05) is 24.7 Å². The van der Waals surface area contributed by atoms with Gasteiger partial charge in [-0.25, -0.2) is 8.42 Å². The molecule has 0 saturated carbocycles. The van der Waals surface area contributed by atoms with Crippen molar-refractivity contribution in [2.24, 2.45) is 0 Å². The summed E-state index contributed by atoms with van der Waals surface area (Å²) in [7, 11) is -3.76. The molecule has 3 heterocycles. The average Bonchev–Trinajstić information content (AvgIpc) is 3.29. The molecule has 2 aromatic carbocycles. The molecule has 0 aliphatic carbocycles. The molecule has 1 atom stereocenters. The van der Waals surface area contributed by atoms with Crippen LogP contribution < -0.4 is 9.47 Å². The van der Waals surface area contributed by atoms with E-state index in [1.165, 1.54) is 16.4 Å². The van der Waals surface area contributed by atoms with E-state index in [9.17, 15) is 8.42 Å². The molecule has 0 amide bonds. The number of aryl methyl sites for hydroxylation is 1. The smallest absolute Gasteiger partial charge is 0.257 e. The Balaban J connectivity index is 1.38. The van der Waals surface area contributed by atoms with Gasteiger partial charge in [0.15, 0.2) is 17.6 Å². The molecular weight excluding hydrogens is 422 g/mol. The van der Waals surface area contributed by atoms with Gasteiger partial charge in [0.05, 0.1) is 11.5 Å². The van der Waals surface area contributed by atoms with Gasteiger partial charge >= 0.3 is 0 Å². The van der Waals surface area contributed by atoms with Gasteiger partial charge < -0.3 is 18.7 Å². The molecule has 0 radical (unpaired) electrons. The number of morpholine rings is 1. The van der Waals surface area contributed by atoms with Crippen molar-refractivity contribution in [2.75, 3.05) is 32.9 Å². The van der Waals surface area contributed by atoms with Crippen LogP contribution in [0.25, 0.3) is 11.4 Å². The van der Waals surface area contributed by atoms with Gasteiger partial charge in [0.1, 0.15) is 13.2 Å². The third-order valence-corrected chi connectivity index (χ3v) is 7.14. The second-order valence-corrected chi connectivity index (χ2v) is 9.24. The first kappa shape index (κ1) is 20.0. The minimum atomic E-state index is -3.76. The number of rotatable bonds is 4. The first-order valence-corrected chi connectivity index (χ1v) is 11.4. The molecule has 2 aliphatic heterocycles. The largest absolute Gasteiger partial charge is 0.486 e. The third kappa shape index (κ3) is 3.78. The van der Waals surface area contributed by atoms with Crippen molar-refractivity contribution in [3.05, 3.63) is 53.9 Å². The molecule has 2 aliphatic rings. The Bertz CT molecular complexity index is 1210. The highest BCUT2D eigenvalue weighted by Crippen LogP contribution is 2.34. The molecule has 31 heavy (non-hydrogen) atoms. The van der Waals surface area contributed by atoms with Crippen LogP contribution >= 0.6 is 0 Å². The van der Waals surface area contributed by atoms with Crippen LogP contribution in [0.3, 0.4) is 0 Å². The van der Waals surface area contributed by atoms with Crippen LogP contribution in [0.1, 0.15) is 17.6 Å². The van der Waals surface area contributed by atoms with Crippen molar-refractivity contribution in [2.45, 2.75) is 17.9 Å². The SMILES string of the molecule is Cc1ccccc1-c1noc(C2CN(S(=O)(=O)c3ccc4c(c3)OCCO4)CCO2)n1. The van der Waals surface area contributed by atoms with Crippen molar-refractivity contribution >= 4 is 10.0 Å². The molecule has 10 heteroatoms. The quantitative estimate of drug-likeness (QED) is 0.606. The number of ether oxygens (including phenoxy) is 3. The fraction of sp³-hybridized carbons (Fsp3) is 0.333. The van der Waals surface area contributed by atoms with Crippen LogP contribution in [-0.4, -0.2) is 55.8 Å². The Morgan fingerprint density at radius 1 is 1.03 bits per heavy atom. The molecule has 5 rings (SSSR count). The summed E-state index contributed by atoms with van der Waals surface area (Å²) in [6.07, 6.45) is -0.647. The molecule has 0 N–H and O–H groups in total. The lowest BCUT2D eigenvalue weighted by Crippen LogP contribution is -2.42. The Morgan fingerprint density at radius 2 is 1.84 bits per heavy atom. The lowest BCUT2D eigenvalue weighted by molar-refractivity contribution is -0.0199. The van der Waals surface area contributed by atoms with Gasteiger partial charge in [-0.2, -0.15) is 9.29 Å². The van der Waals surface area contributed by atoms with Crippen molar-refractivity contribution in [3.8, 4) is 22.9 Å². The summed E-state index contributed by atoms with van der Waals surface area (Å²) in [4.78, 5) is 4.59.